The number of halogens is 1. The minimum atomic E-state index is 0. The molecule has 0 bridgehead atoms. The molecule has 0 fully saturated rings. The third kappa shape index (κ3) is 7.19. The van der Waals surface area contributed by atoms with Crippen LogP contribution in [0.15, 0.2) is 53.7 Å². The highest BCUT2D eigenvalue weighted by Crippen LogP contribution is 2.11. The summed E-state index contributed by atoms with van der Waals surface area (Å²) in [5.41, 5.74) is 2.07. The molecule has 0 saturated carbocycles. The van der Waals surface area contributed by atoms with Crippen LogP contribution in [-0.2, 0) is 6.54 Å². The second-order valence-electron chi connectivity index (χ2n) is 6.54. The number of rotatable bonds is 9. The highest BCUT2D eigenvalue weighted by atomic mass is 127. The van der Waals surface area contributed by atoms with E-state index < -0.39 is 0 Å². The number of unbranched alkanes of at least 4 members (excludes halogenated alkanes) is 1. The average Bonchev–Trinajstić information content (AvgIpc) is 3.13. The molecular weight excluding hydrogens is 479 g/mol. The number of benzene rings is 1. The van der Waals surface area contributed by atoms with E-state index in [1.807, 2.05) is 40.9 Å². The van der Waals surface area contributed by atoms with Crippen molar-refractivity contribution in [3.63, 3.8) is 0 Å². The predicted octanol–water partition coefficient (Wildman–Crippen LogP) is 3.57. The van der Waals surface area contributed by atoms with Gasteiger partial charge in [-0.3, -0.25) is 4.40 Å². The summed E-state index contributed by atoms with van der Waals surface area (Å²) >= 11 is 0. The van der Waals surface area contributed by atoms with Crippen molar-refractivity contribution in [3.8, 4) is 5.75 Å². The van der Waals surface area contributed by atoms with E-state index in [-0.39, 0.29) is 24.0 Å². The van der Waals surface area contributed by atoms with Crippen molar-refractivity contribution in [1.29, 1.82) is 0 Å². The van der Waals surface area contributed by atoms with Crippen molar-refractivity contribution in [3.05, 3.63) is 60.0 Å². The van der Waals surface area contributed by atoms with Crippen molar-refractivity contribution < 1.29 is 4.74 Å². The number of aliphatic imine (C=N–C) groups is 1. The SMILES string of the molecule is CCNC(=NCc1nnc2ccccn12)NCCCCOc1ccc(C)cc1.I. The Kier molecular flexibility index (Phi) is 9.69. The molecule has 0 spiro atoms. The lowest BCUT2D eigenvalue weighted by molar-refractivity contribution is 0.307. The van der Waals surface area contributed by atoms with E-state index in [1.54, 1.807) is 0 Å². The van der Waals surface area contributed by atoms with Gasteiger partial charge in [-0.1, -0.05) is 23.8 Å². The molecule has 0 amide bonds. The molecular formula is C21H29IN6O. The van der Waals surface area contributed by atoms with Crippen LogP contribution in [-0.4, -0.2) is 40.3 Å². The van der Waals surface area contributed by atoms with Crippen LogP contribution in [0.2, 0.25) is 0 Å². The number of ether oxygens (including phenoxy) is 1. The van der Waals surface area contributed by atoms with Gasteiger partial charge in [0.25, 0.3) is 0 Å². The van der Waals surface area contributed by atoms with Crippen LogP contribution < -0.4 is 15.4 Å². The Bertz CT molecular complexity index is 894. The number of guanidine groups is 1. The first-order valence-electron chi connectivity index (χ1n) is 9.76. The lowest BCUT2D eigenvalue weighted by atomic mass is 10.2. The standard InChI is InChI=1S/C21H28N6O.HI/c1-3-22-21(24-16-20-26-25-19-8-4-6-14-27(19)20)23-13-5-7-15-28-18-11-9-17(2)10-12-18;/h4,6,8-12,14H,3,5,7,13,15-16H2,1-2H3,(H2,22,23,24);1H. The van der Waals surface area contributed by atoms with Crippen LogP contribution in [0.5, 0.6) is 5.75 Å². The zero-order chi connectivity index (χ0) is 19.6. The highest BCUT2D eigenvalue weighted by molar-refractivity contribution is 14.0. The minimum Gasteiger partial charge on any atom is -0.494 e. The Morgan fingerprint density at radius 1 is 1.07 bits per heavy atom. The molecule has 0 atom stereocenters. The summed E-state index contributed by atoms with van der Waals surface area (Å²) in [7, 11) is 0. The normalized spacial score (nSPS) is 11.2. The first-order chi connectivity index (χ1) is 13.8. The Morgan fingerprint density at radius 2 is 1.90 bits per heavy atom. The van der Waals surface area contributed by atoms with Crippen LogP contribution in [0.3, 0.4) is 0 Å². The molecule has 2 heterocycles. The summed E-state index contributed by atoms with van der Waals surface area (Å²) < 4.78 is 7.72. The van der Waals surface area contributed by atoms with Crippen LogP contribution >= 0.6 is 24.0 Å². The zero-order valence-corrected chi connectivity index (χ0v) is 19.3. The van der Waals surface area contributed by atoms with Crippen LogP contribution in [0.4, 0.5) is 0 Å². The number of hydrogen-bond acceptors (Lipinski definition) is 4. The lowest BCUT2D eigenvalue weighted by Crippen LogP contribution is -2.37. The molecule has 2 aromatic heterocycles. The van der Waals surface area contributed by atoms with E-state index in [1.165, 1.54) is 5.56 Å². The molecule has 0 saturated heterocycles. The summed E-state index contributed by atoms with van der Waals surface area (Å²) in [4.78, 5) is 4.62. The van der Waals surface area contributed by atoms with Gasteiger partial charge in [0.15, 0.2) is 17.4 Å². The quantitative estimate of drug-likeness (QED) is 0.200. The van der Waals surface area contributed by atoms with E-state index >= 15 is 0 Å². The molecule has 3 rings (SSSR count). The molecule has 8 heteroatoms. The van der Waals surface area contributed by atoms with Crippen LogP contribution in [0.1, 0.15) is 31.2 Å². The van der Waals surface area contributed by atoms with E-state index in [2.05, 4.69) is 51.8 Å². The third-order valence-corrected chi connectivity index (χ3v) is 4.26. The number of pyridine rings is 1. The molecule has 29 heavy (non-hydrogen) atoms. The fourth-order valence-corrected chi connectivity index (χ4v) is 2.75. The summed E-state index contributed by atoms with van der Waals surface area (Å²) in [5.74, 6) is 2.53. The molecule has 2 N–H and O–H groups in total. The van der Waals surface area contributed by atoms with Gasteiger partial charge in [0.1, 0.15) is 12.3 Å². The van der Waals surface area contributed by atoms with Crippen molar-refractivity contribution >= 4 is 35.6 Å². The van der Waals surface area contributed by atoms with Crippen molar-refractivity contribution in [1.82, 2.24) is 25.2 Å². The molecule has 0 aliphatic carbocycles. The van der Waals surface area contributed by atoms with Crippen molar-refractivity contribution in [2.75, 3.05) is 19.7 Å². The van der Waals surface area contributed by atoms with Gasteiger partial charge in [0.05, 0.1) is 6.61 Å². The second-order valence-corrected chi connectivity index (χ2v) is 6.54. The number of nitrogens with one attached hydrogen (secondary N) is 2. The Morgan fingerprint density at radius 3 is 2.69 bits per heavy atom. The molecule has 0 radical (unpaired) electrons. The molecule has 0 aliphatic heterocycles. The van der Waals surface area contributed by atoms with Crippen molar-refractivity contribution in [2.24, 2.45) is 4.99 Å². The summed E-state index contributed by atoms with van der Waals surface area (Å²) in [6.07, 6.45) is 3.94. The maximum atomic E-state index is 5.76. The predicted molar refractivity (Wildman–Crippen MR) is 127 cm³/mol. The molecule has 7 nitrogen and oxygen atoms in total. The summed E-state index contributed by atoms with van der Waals surface area (Å²) in [6, 6.07) is 14.0. The third-order valence-electron chi connectivity index (χ3n) is 4.26. The summed E-state index contributed by atoms with van der Waals surface area (Å²) in [6.45, 7) is 6.96. The molecule has 0 aliphatic rings. The Hall–Kier alpha value is -2.36. The van der Waals surface area contributed by atoms with Crippen LogP contribution in [0.25, 0.3) is 5.65 Å². The van der Waals surface area contributed by atoms with Gasteiger partial charge in [-0.2, -0.15) is 0 Å². The number of aryl methyl sites for hydroxylation is 1. The van der Waals surface area contributed by atoms with Gasteiger partial charge in [-0.15, -0.1) is 34.2 Å². The van der Waals surface area contributed by atoms with Gasteiger partial charge in [0.2, 0.25) is 0 Å². The number of fused-ring (bicyclic) bond motifs is 1. The topological polar surface area (TPSA) is 75.8 Å². The van der Waals surface area contributed by atoms with Gasteiger partial charge in [-0.25, -0.2) is 4.99 Å². The zero-order valence-electron chi connectivity index (χ0n) is 17.0. The lowest BCUT2D eigenvalue weighted by Gasteiger charge is -2.11. The molecule has 0 unspecified atom stereocenters. The number of hydrogen-bond donors (Lipinski definition) is 2. The fraction of sp³-hybridized carbons (Fsp3) is 0.381. The first-order valence-corrected chi connectivity index (χ1v) is 9.76. The summed E-state index contributed by atoms with van der Waals surface area (Å²) in [5, 5.41) is 15.0. The van der Waals surface area contributed by atoms with Crippen LogP contribution in [0, 0.1) is 6.92 Å². The Labute approximate surface area is 189 Å². The van der Waals surface area contributed by atoms with Crippen molar-refractivity contribution in [2.45, 2.75) is 33.2 Å². The van der Waals surface area contributed by atoms with Gasteiger partial charge in [-0.05, 0) is 51.0 Å². The highest BCUT2D eigenvalue weighted by Gasteiger charge is 2.04. The maximum Gasteiger partial charge on any atom is 0.191 e. The monoisotopic (exact) mass is 508 g/mol. The van der Waals surface area contributed by atoms with E-state index in [4.69, 9.17) is 4.74 Å². The molecule has 156 valence electrons. The molecule has 3 aromatic rings. The first kappa shape index (κ1) is 22.9. The molecule has 1 aromatic carbocycles. The van der Waals surface area contributed by atoms with Gasteiger partial charge in [0, 0.05) is 19.3 Å². The van der Waals surface area contributed by atoms with Gasteiger partial charge >= 0.3 is 0 Å². The number of aromatic nitrogens is 3. The largest absolute Gasteiger partial charge is 0.494 e. The second kappa shape index (κ2) is 12.3. The fourth-order valence-electron chi connectivity index (χ4n) is 2.75. The van der Waals surface area contributed by atoms with E-state index in [0.29, 0.717) is 13.2 Å². The van der Waals surface area contributed by atoms with E-state index in [9.17, 15) is 0 Å². The number of nitrogens with zero attached hydrogens (tertiary/aromatic N) is 4. The van der Waals surface area contributed by atoms with E-state index in [0.717, 1.165) is 49.1 Å². The average molecular weight is 508 g/mol. The van der Waals surface area contributed by atoms with Gasteiger partial charge < -0.3 is 15.4 Å². The smallest absolute Gasteiger partial charge is 0.191 e. The minimum absolute atomic E-state index is 0. The maximum absolute atomic E-state index is 5.76. The Balaban J connectivity index is 0.00000300.